The van der Waals surface area contributed by atoms with Gasteiger partial charge in [-0.1, -0.05) is 11.6 Å². The van der Waals surface area contributed by atoms with Crippen LogP contribution >= 0.6 is 23.8 Å². The number of ether oxygens (including phenoxy) is 1. The summed E-state index contributed by atoms with van der Waals surface area (Å²) in [6.07, 6.45) is 0. The molecule has 1 aromatic rings. The molecule has 5 heteroatoms. The molecule has 2 N–H and O–H groups in total. The standard InChI is InChI=1S/C12H17ClN2OS/c1-3-16-7-6-14-12(17)15-11-5-4-10(13)8-9(11)2/h4-5,8H,3,6-7H2,1-2H3,(H2,14,15,17). The number of aryl methyl sites for hydroxylation is 1. The number of hydrogen-bond acceptors (Lipinski definition) is 2. The molecular weight excluding hydrogens is 256 g/mol. The van der Waals surface area contributed by atoms with E-state index in [9.17, 15) is 0 Å². The Labute approximate surface area is 112 Å². The van der Waals surface area contributed by atoms with Crippen LogP contribution in [0.5, 0.6) is 0 Å². The van der Waals surface area contributed by atoms with Gasteiger partial charge in [0.15, 0.2) is 5.11 Å². The topological polar surface area (TPSA) is 33.3 Å². The molecule has 0 aliphatic rings. The largest absolute Gasteiger partial charge is 0.380 e. The van der Waals surface area contributed by atoms with Crippen LogP contribution in [0.25, 0.3) is 0 Å². The lowest BCUT2D eigenvalue weighted by Gasteiger charge is -2.12. The fourth-order valence-electron chi connectivity index (χ4n) is 1.31. The summed E-state index contributed by atoms with van der Waals surface area (Å²) in [5.74, 6) is 0. The molecule has 0 spiro atoms. The van der Waals surface area contributed by atoms with Gasteiger partial charge in [0.2, 0.25) is 0 Å². The number of benzene rings is 1. The second-order valence-corrected chi connectivity index (χ2v) is 4.38. The monoisotopic (exact) mass is 272 g/mol. The predicted molar refractivity (Wildman–Crippen MR) is 76.9 cm³/mol. The van der Waals surface area contributed by atoms with Crippen LogP contribution in [-0.4, -0.2) is 24.9 Å². The Morgan fingerprint density at radius 1 is 1.47 bits per heavy atom. The summed E-state index contributed by atoms with van der Waals surface area (Å²) in [4.78, 5) is 0. The van der Waals surface area contributed by atoms with Crippen molar-refractivity contribution in [3.8, 4) is 0 Å². The van der Waals surface area contributed by atoms with Gasteiger partial charge in [0.05, 0.1) is 6.61 Å². The lowest BCUT2D eigenvalue weighted by atomic mass is 10.2. The first kappa shape index (κ1) is 14.2. The van der Waals surface area contributed by atoms with E-state index in [-0.39, 0.29) is 0 Å². The third-order valence-corrected chi connectivity index (χ3v) is 2.65. The minimum atomic E-state index is 0.593. The van der Waals surface area contributed by atoms with E-state index >= 15 is 0 Å². The maximum atomic E-state index is 5.88. The van der Waals surface area contributed by atoms with Gasteiger partial charge in [-0.25, -0.2) is 0 Å². The molecule has 1 rings (SSSR count). The third kappa shape index (κ3) is 5.35. The average molecular weight is 273 g/mol. The summed E-state index contributed by atoms with van der Waals surface area (Å²) in [6, 6.07) is 5.64. The van der Waals surface area contributed by atoms with Gasteiger partial charge in [0, 0.05) is 23.9 Å². The molecule has 3 nitrogen and oxygen atoms in total. The summed E-state index contributed by atoms with van der Waals surface area (Å²) >= 11 is 11.0. The summed E-state index contributed by atoms with van der Waals surface area (Å²) in [7, 11) is 0. The van der Waals surface area contributed by atoms with Crippen LogP contribution in [0.2, 0.25) is 5.02 Å². The molecular formula is C12H17ClN2OS. The second-order valence-electron chi connectivity index (χ2n) is 3.54. The fraction of sp³-hybridized carbons (Fsp3) is 0.417. The molecule has 0 aliphatic heterocycles. The third-order valence-electron chi connectivity index (χ3n) is 2.17. The molecule has 0 fully saturated rings. The number of halogens is 1. The highest BCUT2D eigenvalue weighted by Crippen LogP contribution is 2.19. The van der Waals surface area contributed by atoms with Crippen LogP contribution in [0.3, 0.4) is 0 Å². The molecule has 0 heterocycles. The Morgan fingerprint density at radius 3 is 2.88 bits per heavy atom. The molecule has 94 valence electrons. The van der Waals surface area contributed by atoms with Crippen LogP contribution in [0.1, 0.15) is 12.5 Å². The average Bonchev–Trinajstić information content (AvgIpc) is 2.28. The van der Waals surface area contributed by atoms with Gasteiger partial charge < -0.3 is 15.4 Å². The van der Waals surface area contributed by atoms with E-state index in [1.54, 1.807) is 0 Å². The first-order valence-electron chi connectivity index (χ1n) is 5.52. The first-order chi connectivity index (χ1) is 8.13. The zero-order chi connectivity index (χ0) is 12.7. The molecule has 0 aromatic heterocycles. The van der Waals surface area contributed by atoms with E-state index in [4.69, 9.17) is 28.6 Å². The Morgan fingerprint density at radius 2 is 2.24 bits per heavy atom. The van der Waals surface area contributed by atoms with Crippen molar-refractivity contribution < 1.29 is 4.74 Å². The van der Waals surface area contributed by atoms with Crippen molar-refractivity contribution in [3.63, 3.8) is 0 Å². The zero-order valence-electron chi connectivity index (χ0n) is 10.0. The highest BCUT2D eigenvalue weighted by molar-refractivity contribution is 7.80. The van der Waals surface area contributed by atoms with Crippen molar-refractivity contribution in [1.29, 1.82) is 0 Å². The van der Waals surface area contributed by atoms with Gasteiger partial charge in [-0.05, 0) is 49.8 Å². The molecule has 0 amide bonds. The van der Waals surface area contributed by atoms with E-state index in [0.29, 0.717) is 18.3 Å². The van der Waals surface area contributed by atoms with Crippen molar-refractivity contribution in [3.05, 3.63) is 28.8 Å². The highest BCUT2D eigenvalue weighted by Gasteiger charge is 2.01. The quantitative estimate of drug-likeness (QED) is 0.638. The summed E-state index contributed by atoms with van der Waals surface area (Å²) in [6.45, 7) is 6.02. The molecule has 17 heavy (non-hydrogen) atoms. The van der Waals surface area contributed by atoms with E-state index in [0.717, 1.165) is 22.9 Å². The smallest absolute Gasteiger partial charge is 0.170 e. The van der Waals surface area contributed by atoms with Gasteiger partial charge in [-0.3, -0.25) is 0 Å². The Hall–Kier alpha value is -0.840. The SMILES string of the molecule is CCOCCNC(=S)Nc1ccc(Cl)cc1C. The number of hydrogen-bond donors (Lipinski definition) is 2. The van der Waals surface area contributed by atoms with Gasteiger partial charge in [0.1, 0.15) is 0 Å². The Bertz CT molecular complexity index is 385. The van der Waals surface area contributed by atoms with E-state index in [1.807, 2.05) is 32.0 Å². The molecule has 0 atom stereocenters. The minimum Gasteiger partial charge on any atom is -0.380 e. The van der Waals surface area contributed by atoms with Crippen molar-refractivity contribution in [2.75, 3.05) is 25.1 Å². The Balaban J connectivity index is 2.40. The maximum absolute atomic E-state index is 5.88. The lowest BCUT2D eigenvalue weighted by molar-refractivity contribution is 0.152. The van der Waals surface area contributed by atoms with E-state index < -0.39 is 0 Å². The lowest BCUT2D eigenvalue weighted by Crippen LogP contribution is -2.31. The van der Waals surface area contributed by atoms with Gasteiger partial charge in [-0.15, -0.1) is 0 Å². The zero-order valence-corrected chi connectivity index (χ0v) is 11.6. The molecule has 0 aliphatic carbocycles. The predicted octanol–water partition coefficient (Wildman–Crippen LogP) is 2.97. The Kier molecular flexibility index (Phi) is 6.26. The molecule has 0 saturated heterocycles. The minimum absolute atomic E-state index is 0.593. The van der Waals surface area contributed by atoms with Crippen LogP contribution in [0, 0.1) is 6.92 Å². The van der Waals surface area contributed by atoms with Gasteiger partial charge in [0.25, 0.3) is 0 Å². The molecule has 0 radical (unpaired) electrons. The summed E-state index contributed by atoms with van der Waals surface area (Å²) < 4.78 is 5.21. The van der Waals surface area contributed by atoms with E-state index in [1.165, 1.54) is 0 Å². The van der Waals surface area contributed by atoms with Crippen LogP contribution in [-0.2, 0) is 4.74 Å². The fourth-order valence-corrected chi connectivity index (χ4v) is 1.75. The van der Waals surface area contributed by atoms with Crippen molar-refractivity contribution >= 4 is 34.6 Å². The normalized spacial score (nSPS) is 10.1. The first-order valence-corrected chi connectivity index (χ1v) is 6.31. The van der Waals surface area contributed by atoms with Crippen LogP contribution in [0.4, 0.5) is 5.69 Å². The van der Waals surface area contributed by atoms with Crippen molar-refractivity contribution in [2.24, 2.45) is 0 Å². The number of nitrogens with one attached hydrogen (secondary N) is 2. The molecule has 0 bridgehead atoms. The number of rotatable bonds is 5. The molecule has 0 saturated carbocycles. The second kappa shape index (κ2) is 7.48. The van der Waals surface area contributed by atoms with Crippen molar-refractivity contribution in [1.82, 2.24) is 5.32 Å². The molecule has 0 unspecified atom stereocenters. The molecule has 1 aromatic carbocycles. The number of thiocarbonyl (C=S) groups is 1. The van der Waals surface area contributed by atoms with Crippen LogP contribution in [0.15, 0.2) is 18.2 Å². The van der Waals surface area contributed by atoms with Crippen LogP contribution < -0.4 is 10.6 Å². The van der Waals surface area contributed by atoms with Gasteiger partial charge >= 0.3 is 0 Å². The van der Waals surface area contributed by atoms with E-state index in [2.05, 4.69) is 10.6 Å². The summed E-state index contributed by atoms with van der Waals surface area (Å²) in [5.41, 5.74) is 2.02. The van der Waals surface area contributed by atoms with Crippen molar-refractivity contribution in [2.45, 2.75) is 13.8 Å². The summed E-state index contributed by atoms with van der Waals surface area (Å²) in [5, 5.41) is 7.51. The highest BCUT2D eigenvalue weighted by atomic mass is 35.5. The maximum Gasteiger partial charge on any atom is 0.170 e. The number of anilines is 1. The van der Waals surface area contributed by atoms with Gasteiger partial charge in [-0.2, -0.15) is 0 Å².